The van der Waals surface area contributed by atoms with Gasteiger partial charge in [-0.05, 0) is 20.8 Å². The van der Waals surface area contributed by atoms with Crippen molar-refractivity contribution in [1.29, 1.82) is 0 Å². The van der Waals surface area contributed by atoms with Crippen molar-refractivity contribution in [3.8, 4) is 0 Å². The predicted molar refractivity (Wildman–Crippen MR) is 55.5 cm³/mol. The van der Waals surface area contributed by atoms with Gasteiger partial charge in [0.25, 0.3) is 0 Å². The van der Waals surface area contributed by atoms with Crippen molar-refractivity contribution in [3.05, 3.63) is 17.3 Å². The van der Waals surface area contributed by atoms with Crippen LogP contribution in [-0.2, 0) is 16.0 Å². The summed E-state index contributed by atoms with van der Waals surface area (Å²) < 4.78 is 9.97. The van der Waals surface area contributed by atoms with Crippen molar-refractivity contribution in [2.24, 2.45) is 5.16 Å². The van der Waals surface area contributed by atoms with Crippen LogP contribution < -0.4 is 0 Å². The first kappa shape index (κ1) is 12.2. The van der Waals surface area contributed by atoms with Gasteiger partial charge in [-0.3, -0.25) is 0 Å². The molecule has 1 aromatic heterocycles. The lowest BCUT2D eigenvalue weighted by Crippen LogP contribution is -2.20. The lowest BCUT2D eigenvalue weighted by atomic mass is 10.3. The van der Waals surface area contributed by atoms with E-state index in [1.165, 1.54) is 0 Å². The molecule has 0 amide bonds. The highest BCUT2D eigenvalue weighted by Gasteiger charge is 2.17. The number of rotatable bonds is 4. The van der Waals surface area contributed by atoms with Gasteiger partial charge < -0.3 is 14.4 Å². The van der Waals surface area contributed by atoms with Crippen molar-refractivity contribution < 1.29 is 19.2 Å². The van der Waals surface area contributed by atoms with E-state index < -0.39 is 5.97 Å². The fourth-order valence-electron chi connectivity index (χ4n) is 1.12. The molecular weight excluding hydrogens is 212 g/mol. The lowest BCUT2D eigenvalue weighted by Gasteiger charge is -2.01. The zero-order valence-corrected chi connectivity index (χ0v) is 9.48. The number of carbonyl (C=O) groups is 1. The van der Waals surface area contributed by atoms with Gasteiger partial charge in [-0.1, -0.05) is 5.16 Å². The second-order valence-electron chi connectivity index (χ2n) is 3.19. The molecule has 0 saturated heterocycles. The fraction of sp³-hybridized carbons (Fsp3) is 0.500. The van der Waals surface area contributed by atoms with Crippen molar-refractivity contribution in [2.75, 3.05) is 6.61 Å². The molecule has 0 aliphatic heterocycles. The van der Waals surface area contributed by atoms with E-state index in [4.69, 9.17) is 14.4 Å². The van der Waals surface area contributed by atoms with Crippen LogP contribution in [0.15, 0.2) is 9.57 Å². The van der Waals surface area contributed by atoms with Crippen LogP contribution in [0.2, 0.25) is 0 Å². The minimum absolute atomic E-state index is 0.0179. The summed E-state index contributed by atoms with van der Waals surface area (Å²) in [4.78, 5) is 15.4. The highest BCUT2D eigenvalue weighted by molar-refractivity contribution is 6.36. The van der Waals surface area contributed by atoms with Crippen LogP contribution in [0.4, 0.5) is 0 Å². The quantitative estimate of drug-likeness (QED) is 0.361. The SMILES string of the molecule is CCOC(=O)C(Cc1nc(C)c(C)o1)=NO. The third kappa shape index (κ3) is 2.82. The first-order chi connectivity index (χ1) is 7.58. The summed E-state index contributed by atoms with van der Waals surface area (Å²) in [6.07, 6.45) is 0.0179. The number of aromatic nitrogens is 1. The van der Waals surface area contributed by atoms with Crippen molar-refractivity contribution in [3.63, 3.8) is 0 Å². The predicted octanol–water partition coefficient (Wildman–Crippen LogP) is 1.23. The molecule has 1 N–H and O–H groups in total. The van der Waals surface area contributed by atoms with Gasteiger partial charge in [0.2, 0.25) is 5.89 Å². The summed E-state index contributed by atoms with van der Waals surface area (Å²) >= 11 is 0. The third-order valence-electron chi connectivity index (χ3n) is 2.02. The van der Waals surface area contributed by atoms with Crippen LogP contribution in [0.1, 0.15) is 24.3 Å². The van der Waals surface area contributed by atoms with Gasteiger partial charge in [0, 0.05) is 0 Å². The van der Waals surface area contributed by atoms with Gasteiger partial charge in [-0.15, -0.1) is 0 Å². The van der Waals surface area contributed by atoms with E-state index in [0.717, 1.165) is 5.69 Å². The largest absolute Gasteiger partial charge is 0.461 e. The smallest absolute Gasteiger partial charge is 0.356 e. The molecule has 0 spiro atoms. The number of oxazole rings is 1. The highest BCUT2D eigenvalue weighted by Crippen LogP contribution is 2.09. The van der Waals surface area contributed by atoms with Gasteiger partial charge in [0.1, 0.15) is 5.76 Å². The Morgan fingerprint density at radius 3 is 2.69 bits per heavy atom. The van der Waals surface area contributed by atoms with Gasteiger partial charge >= 0.3 is 5.97 Å². The second-order valence-corrected chi connectivity index (χ2v) is 3.19. The first-order valence-electron chi connectivity index (χ1n) is 4.89. The van der Waals surface area contributed by atoms with Gasteiger partial charge in [0.15, 0.2) is 5.71 Å². The Kier molecular flexibility index (Phi) is 4.04. The third-order valence-corrected chi connectivity index (χ3v) is 2.02. The maximum Gasteiger partial charge on any atom is 0.356 e. The Morgan fingerprint density at radius 1 is 1.56 bits per heavy atom. The normalized spacial score (nSPS) is 11.6. The number of oxime groups is 1. The van der Waals surface area contributed by atoms with Crippen molar-refractivity contribution in [2.45, 2.75) is 27.2 Å². The van der Waals surface area contributed by atoms with Crippen LogP contribution >= 0.6 is 0 Å². The minimum atomic E-state index is -0.668. The standard InChI is InChI=1S/C10H14N2O4/c1-4-15-10(13)8(12-14)5-9-11-6(2)7(3)16-9/h14H,4-5H2,1-3H3. The summed E-state index contributed by atoms with van der Waals surface area (Å²) in [6.45, 7) is 5.46. The molecule has 0 atom stereocenters. The number of nitrogens with zero attached hydrogens (tertiary/aromatic N) is 2. The van der Waals surface area contributed by atoms with E-state index in [0.29, 0.717) is 11.7 Å². The first-order valence-corrected chi connectivity index (χ1v) is 4.89. The second kappa shape index (κ2) is 5.29. The molecule has 0 fully saturated rings. The summed E-state index contributed by atoms with van der Waals surface area (Å²) in [5, 5.41) is 11.6. The van der Waals surface area contributed by atoms with E-state index in [2.05, 4.69) is 10.1 Å². The van der Waals surface area contributed by atoms with Crippen molar-refractivity contribution in [1.82, 2.24) is 4.98 Å². The summed E-state index contributed by atoms with van der Waals surface area (Å²) in [5.74, 6) is 0.338. The molecule has 16 heavy (non-hydrogen) atoms. The molecule has 1 rings (SSSR count). The Hall–Kier alpha value is -1.85. The lowest BCUT2D eigenvalue weighted by molar-refractivity contribution is -0.135. The van der Waals surface area contributed by atoms with Crippen LogP contribution in [0.5, 0.6) is 0 Å². The van der Waals surface area contributed by atoms with E-state index >= 15 is 0 Å². The number of hydrogen-bond donors (Lipinski definition) is 1. The van der Waals surface area contributed by atoms with Gasteiger partial charge in [0.05, 0.1) is 18.7 Å². The zero-order valence-electron chi connectivity index (χ0n) is 9.48. The maximum absolute atomic E-state index is 11.3. The van der Waals surface area contributed by atoms with Crippen molar-refractivity contribution >= 4 is 11.7 Å². The van der Waals surface area contributed by atoms with E-state index in [1.54, 1.807) is 20.8 Å². The number of aryl methyl sites for hydroxylation is 2. The van der Waals surface area contributed by atoms with E-state index in [1.807, 2.05) is 0 Å². The Balaban J connectivity index is 2.75. The maximum atomic E-state index is 11.3. The van der Waals surface area contributed by atoms with Gasteiger partial charge in [-0.2, -0.15) is 0 Å². The molecule has 1 aromatic rings. The number of esters is 1. The molecule has 0 saturated carbocycles. The number of carbonyl (C=O) groups excluding carboxylic acids is 1. The van der Waals surface area contributed by atoms with Crippen LogP contribution in [0.3, 0.4) is 0 Å². The molecule has 88 valence electrons. The average Bonchev–Trinajstić information content (AvgIpc) is 2.55. The molecule has 0 bridgehead atoms. The monoisotopic (exact) mass is 226 g/mol. The molecule has 0 aliphatic rings. The summed E-state index contributed by atoms with van der Waals surface area (Å²) in [7, 11) is 0. The zero-order chi connectivity index (χ0) is 12.1. The summed E-state index contributed by atoms with van der Waals surface area (Å²) in [6, 6.07) is 0. The minimum Gasteiger partial charge on any atom is -0.461 e. The topological polar surface area (TPSA) is 84.9 Å². The fourth-order valence-corrected chi connectivity index (χ4v) is 1.12. The molecule has 0 aliphatic carbocycles. The Morgan fingerprint density at radius 2 is 2.25 bits per heavy atom. The number of hydrogen-bond acceptors (Lipinski definition) is 6. The molecule has 0 unspecified atom stereocenters. The van der Waals surface area contributed by atoms with Gasteiger partial charge in [-0.25, -0.2) is 9.78 Å². The van der Waals surface area contributed by atoms with E-state index in [9.17, 15) is 4.79 Å². The number of ether oxygens (including phenoxy) is 1. The molecule has 0 aromatic carbocycles. The average molecular weight is 226 g/mol. The molecule has 6 heteroatoms. The highest BCUT2D eigenvalue weighted by atomic mass is 16.5. The molecular formula is C10H14N2O4. The van der Waals surface area contributed by atoms with Crippen LogP contribution in [-0.4, -0.2) is 28.5 Å². The Labute approximate surface area is 92.9 Å². The summed E-state index contributed by atoms with van der Waals surface area (Å²) in [5.41, 5.74) is 0.624. The van der Waals surface area contributed by atoms with E-state index in [-0.39, 0.29) is 18.7 Å². The molecule has 0 radical (unpaired) electrons. The molecule has 1 heterocycles. The Bertz CT molecular complexity index is 389. The molecule has 6 nitrogen and oxygen atoms in total. The van der Waals surface area contributed by atoms with Crippen LogP contribution in [0.25, 0.3) is 0 Å². The van der Waals surface area contributed by atoms with Crippen LogP contribution in [0, 0.1) is 13.8 Å².